The van der Waals surface area contributed by atoms with Crippen LogP contribution < -0.4 is 14.1 Å². The Hall–Kier alpha value is -2.13. The molecule has 0 atom stereocenters. The molecule has 140 valence electrons. The van der Waals surface area contributed by atoms with Crippen LogP contribution in [0.2, 0.25) is 10.0 Å². The van der Waals surface area contributed by atoms with E-state index in [1.165, 1.54) is 0 Å². The SMILES string of the molecule is Cc1ccc(OP(=O)(Nc2ccc(Cl)cc2Cl)Oc2ccc(C)cc2)cc1. The molecule has 3 aromatic rings. The molecule has 0 saturated carbocycles. The average Bonchev–Trinajstić information content (AvgIpc) is 2.62. The molecule has 0 heterocycles. The number of nitrogens with one attached hydrogen (secondary N) is 1. The van der Waals surface area contributed by atoms with E-state index in [0.29, 0.717) is 27.2 Å². The molecule has 0 aromatic heterocycles. The molecule has 0 amide bonds. The van der Waals surface area contributed by atoms with Crippen molar-refractivity contribution in [3.8, 4) is 11.5 Å². The highest BCUT2D eigenvalue weighted by Gasteiger charge is 2.30. The predicted octanol–water partition coefficient (Wildman–Crippen LogP) is 7.29. The molecule has 1 N–H and O–H groups in total. The van der Waals surface area contributed by atoms with Crippen LogP contribution in [0.5, 0.6) is 11.5 Å². The summed E-state index contributed by atoms with van der Waals surface area (Å²) in [6, 6.07) is 19.2. The van der Waals surface area contributed by atoms with Crippen LogP contribution in [0.1, 0.15) is 11.1 Å². The molecule has 3 rings (SSSR count). The second-order valence-electron chi connectivity index (χ2n) is 6.04. The molecule has 0 aliphatic carbocycles. The van der Waals surface area contributed by atoms with Gasteiger partial charge in [-0.15, -0.1) is 0 Å². The van der Waals surface area contributed by atoms with Gasteiger partial charge in [0, 0.05) is 5.02 Å². The molecule has 0 saturated heterocycles. The monoisotopic (exact) mass is 421 g/mol. The van der Waals surface area contributed by atoms with Gasteiger partial charge in [0.2, 0.25) is 0 Å². The Morgan fingerprint density at radius 3 is 1.70 bits per heavy atom. The van der Waals surface area contributed by atoms with Gasteiger partial charge in [0.1, 0.15) is 11.5 Å². The number of hydrogen-bond donors (Lipinski definition) is 1. The van der Waals surface area contributed by atoms with Crippen molar-refractivity contribution in [3.63, 3.8) is 0 Å². The number of halogens is 2. The van der Waals surface area contributed by atoms with Crippen LogP contribution in [0, 0.1) is 13.8 Å². The minimum absolute atomic E-state index is 0.308. The summed E-state index contributed by atoms with van der Waals surface area (Å²) < 4.78 is 24.9. The molecule has 0 aliphatic heterocycles. The maximum atomic E-state index is 13.5. The summed E-state index contributed by atoms with van der Waals surface area (Å²) in [7, 11) is -3.83. The Bertz CT molecular complexity index is 924. The van der Waals surface area contributed by atoms with Crippen LogP contribution in [0.4, 0.5) is 5.69 Å². The van der Waals surface area contributed by atoms with Gasteiger partial charge < -0.3 is 9.05 Å². The summed E-state index contributed by atoms with van der Waals surface area (Å²) in [5, 5.41) is 3.58. The minimum atomic E-state index is -3.83. The topological polar surface area (TPSA) is 47.6 Å². The maximum Gasteiger partial charge on any atom is 0.541 e. The van der Waals surface area contributed by atoms with Crippen LogP contribution in [0.3, 0.4) is 0 Å². The largest absolute Gasteiger partial charge is 0.541 e. The Morgan fingerprint density at radius 1 is 0.778 bits per heavy atom. The zero-order chi connectivity index (χ0) is 19.4. The van der Waals surface area contributed by atoms with Crippen LogP contribution in [0.25, 0.3) is 0 Å². The second kappa shape index (κ2) is 8.26. The van der Waals surface area contributed by atoms with Gasteiger partial charge in [-0.05, 0) is 56.3 Å². The van der Waals surface area contributed by atoms with Gasteiger partial charge in [0.05, 0.1) is 10.7 Å². The summed E-state index contributed by atoms with van der Waals surface area (Å²) in [5.74, 6) is 0.822. The molecule has 7 heteroatoms. The zero-order valence-electron chi connectivity index (χ0n) is 14.8. The highest BCUT2D eigenvalue weighted by Crippen LogP contribution is 2.49. The fourth-order valence-electron chi connectivity index (χ4n) is 2.27. The molecule has 4 nitrogen and oxygen atoms in total. The number of aryl methyl sites for hydroxylation is 2. The number of hydrogen-bond acceptors (Lipinski definition) is 3. The number of benzene rings is 3. The molecule has 27 heavy (non-hydrogen) atoms. The van der Waals surface area contributed by atoms with E-state index in [9.17, 15) is 4.57 Å². The van der Waals surface area contributed by atoms with Crippen molar-refractivity contribution in [1.29, 1.82) is 0 Å². The summed E-state index contributed by atoms with van der Waals surface area (Å²) in [6.45, 7) is 3.91. The van der Waals surface area contributed by atoms with E-state index in [2.05, 4.69) is 5.09 Å². The van der Waals surface area contributed by atoms with Crippen molar-refractivity contribution in [1.82, 2.24) is 0 Å². The first-order chi connectivity index (χ1) is 12.8. The van der Waals surface area contributed by atoms with E-state index in [0.717, 1.165) is 11.1 Å². The fraction of sp³-hybridized carbons (Fsp3) is 0.100. The van der Waals surface area contributed by atoms with Crippen molar-refractivity contribution in [3.05, 3.63) is 87.9 Å². The molecule has 0 fully saturated rings. The Kier molecular flexibility index (Phi) is 6.01. The summed E-state index contributed by atoms with van der Waals surface area (Å²) in [6.07, 6.45) is 0. The van der Waals surface area contributed by atoms with E-state index in [1.807, 2.05) is 38.1 Å². The van der Waals surface area contributed by atoms with Gasteiger partial charge in [0.25, 0.3) is 0 Å². The molecule has 3 aromatic carbocycles. The van der Waals surface area contributed by atoms with Gasteiger partial charge in [0.15, 0.2) is 0 Å². The van der Waals surface area contributed by atoms with Gasteiger partial charge >= 0.3 is 7.75 Å². The summed E-state index contributed by atoms with van der Waals surface area (Å²) >= 11 is 12.1. The third kappa shape index (κ3) is 5.43. The summed E-state index contributed by atoms with van der Waals surface area (Å²) in [4.78, 5) is 0. The Balaban J connectivity index is 1.92. The minimum Gasteiger partial charge on any atom is -0.400 e. The van der Waals surface area contributed by atoms with E-state index < -0.39 is 7.75 Å². The lowest BCUT2D eigenvalue weighted by Gasteiger charge is -2.21. The van der Waals surface area contributed by atoms with Crippen molar-refractivity contribution in [2.45, 2.75) is 13.8 Å². The van der Waals surface area contributed by atoms with Gasteiger partial charge in [-0.1, -0.05) is 58.6 Å². The highest BCUT2D eigenvalue weighted by molar-refractivity contribution is 7.56. The highest BCUT2D eigenvalue weighted by atomic mass is 35.5. The van der Waals surface area contributed by atoms with E-state index in [4.69, 9.17) is 32.2 Å². The molecular weight excluding hydrogens is 404 g/mol. The Labute approximate surface area is 168 Å². The van der Waals surface area contributed by atoms with Crippen molar-refractivity contribution in [2.24, 2.45) is 0 Å². The first-order valence-corrected chi connectivity index (χ1v) is 10.5. The normalized spacial score (nSPS) is 11.1. The molecular formula is C20H18Cl2NO3P. The quantitative estimate of drug-likeness (QED) is 0.424. The lowest BCUT2D eigenvalue weighted by molar-refractivity contribution is 0.393. The standard InChI is InChI=1S/C20H18Cl2NO3P/c1-14-3-8-17(9-4-14)25-27(24,26-18-10-5-15(2)6-11-18)23-20-12-7-16(21)13-19(20)22/h3-13H,1-2H3,(H,23,24). The third-order valence-corrected chi connectivity index (χ3v) is 5.65. The van der Waals surface area contributed by atoms with Crippen LogP contribution >= 0.6 is 30.9 Å². The number of anilines is 1. The van der Waals surface area contributed by atoms with Gasteiger partial charge in [-0.25, -0.2) is 4.57 Å². The molecule has 0 bridgehead atoms. The van der Waals surface area contributed by atoms with Crippen molar-refractivity contribution in [2.75, 3.05) is 5.09 Å². The molecule has 0 radical (unpaired) electrons. The smallest absolute Gasteiger partial charge is 0.400 e. The molecule has 0 spiro atoms. The molecule has 0 aliphatic rings. The zero-order valence-corrected chi connectivity index (χ0v) is 17.2. The lowest BCUT2D eigenvalue weighted by Crippen LogP contribution is -2.10. The maximum absolute atomic E-state index is 13.5. The Morgan fingerprint density at radius 2 is 1.26 bits per heavy atom. The lowest BCUT2D eigenvalue weighted by atomic mass is 10.2. The predicted molar refractivity (Wildman–Crippen MR) is 111 cm³/mol. The van der Waals surface area contributed by atoms with Crippen LogP contribution in [-0.4, -0.2) is 0 Å². The third-order valence-electron chi connectivity index (χ3n) is 3.68. The van der Waals surface area contributed by atoms with Crippen molar-refractivity contribution >= 4 is 36.6 Å². The summed E-state index contributed by atoms with van der Waals surface area (Å²) in [5.41, 5.74) is 2.51. The van der Waals surface area contributed by atoms with Crippen molar-refractivity contribution < 1.29 is 13.6 Å². The van der Waals surface area contributed by atoms with E-state index >= 15 is 0 Å². The average molecular weight is 422 g/mol. The number of rotatable bonds is 6. The molecule has 0 unspecified atom stereocenters. The van der Waals surface area contributed by atoms with Gasteiger partial charge in [-0.3, -0.25) is 5.09 Å². The van der Waals surface area contributed by atoms with E-state index in [-0.39, 0.29) is 0 Å². The first kappa shape index (κ1) is 19.6. The van der Waals surface area contributed by atoms with Crippen LogP contribution in [-0.2, 0) is 4.57 Å². The fourth-order valence-corrected chi connectivity index (χ4v) is 4.21. The van der Waals surface area contributed by atoms with E-state index in [1.54, 1.807) is 42.5 Å². The van der Waals surface area contributed by atoms with Crippen LogP contribution in [0.15, 0.2) is 66.7 Å². The first-order valence-electron chi connectivity index (χ1n) is 8.19. The van der Waals surface area contributed by atoms with Gasteiger partial charge in [-0.2, -0.15) is 0 Å². The second-order valence-corrected chi connectivity index (χ2v) is 8.47.